The van der Waals surface area contributed by atoms with Crippen LogP contribution in [0.1, 0.15) is 38.3 Å². The number of thiazole rings is 1. The van der Waals surface area contributed by atoms with Crippen LogP contribution in [0.25, 0.3) is 0 Å². The van der Waals surface area contributed by atoms with Gasteiger partial charge >= 0.3 is 0 Å². The average molecular weight is 451 g/mol. The van der Waals surface area contributed by atoms with E-state index in [9.17, 15) is 0 Å². The van der Waals surface area contributed by atoms with Crippen molar-refractivity contribution >= 4 is 41.3 Å². The first-order valence-corrected chi connectivity index (χ1v) is 9.07. The Hall–Kier alpha value is -0.410. The zero-order valence-corrected chi connectivity index (χ0v) is 17.9. The fraction of sp³-hybridized carbons (Fsp3) is 0.750. The lowest BCUT2D eigenvalue weighted by atomic mass is 10.1. The molecule has 1 aliphatic heterocycles. The second-order valence-corrected chi connectivity index (χ2v) is 7.27. The molecule has 1 aromatic heterocycles. The summed E-state index contributed by atoms with van der Waals surface area (Å²) < 4.78 is 0. The summed E-state index contributed by atoms with van der Waals surface area (Å²) in [7, 11) is 0. The van der Waals surface area contributed by atoms with E-state index in [1.54, 1.807) is 11.3 Å². The summed E-state index contributed by atoms with van der Waals surface area (Å²) in [5.74, 6) is 1.55. The quantitative estimate of drug-likeness (QED) is 0.411. The highest BCUT2D eigenvalue weighted by molar-refractivity contribution is 14.0. The topological polar surface area (TPSA) is 52.6 Å². The fourth-order valence-corrected chi connectivity index (χ4v) is 3.44. The van der Waals surface area contributed by atoms with E-state index < -0.39 is 0 Å². The number of halogens is 1. The molecular formula is C16H30IN5S. The number of hydrogen-bond acceptors (Lipinski definition) is 4. The normalized spacial score (nSPS) is 22.3. The Kier molecular flexibility index (Phi) is 8.78. The minimum atomic E-state index is 0. The third-order valence-corrected chi connectivity index (χ3v) is 5.18. The Labute approximate surface area is 161 Å². The maximum atomic E-state index is 4.73. The predicted octanol–water partition coefficient (Wildman–Crippen LogP) is 2.85. The molecule has 2 N–H and O–H groups in total. The molecule has 1 fully saturated rings. The molecule has 23 heavy (non-hydrogen) atoms. The highest BCUT2D eigenvalue weighted by atomic mass is 127. The second-order valence-electron chi connectivity index (χ2n) is 6.33. The van der Waals surface area contributed by atoms with Gasteiger partial charge in [0.2, 0.25) is 0 Å². The predicted molar refractivity (Wildman–Crippen MR) is 110 cm³/mol. The van der Waals surface area contributed by atoms with Crippen molar-refractivity contribution in [2.24, 2.45) is 10.9 Å². The fourth-order valence-electron chi connectivity index (χ4n) is 2.74. The lowest BCUT2D eigenvalue weighted by Gasteiger charge is -2.21. The van der Waals surface area contributed by atoms with Gasteiger partial charge < -0.3 is 10.6 Å². The van der Waals surface area contributed by atoms with Gasteiger partial charge in [-0.1, -0.05) is 6.92 Å². The summed E-state index contributed by atoms with van der Waals surface area (Å²) in [6.45, 7) is 14.8. The molecule has 7 heteroatoms. The van der Waals surface area contributed by atoms with Crippen LogP contribution in [-0.2, 0) is 6.54 Å². The van der Waals surface area contributed by atoms with E-state index in [1.807, 2.05) is 12.4 Å². The van der Waals surface area contributed by atoms with Crippen LogP contribution in [0.15, 0.2) is 10.5 Å². The first-order chi connectivity index (χ1) is 10.5. The summed E-state index contributed by atoms with van der Waals surface area (Å²) >= 11 is 1.68. The zero-order chi connectivity index (χ0) is 16.1. The van der Waals surface area contributed by atoms with Crippen LogP contribution >= 0.6 is 35.3 Å². The third-order valence-electron chi connectivity index (χ3n) is 4.26. The Morgan fingerprint density at radius 2 is 2.22 bits per heavy atom. The number of aliphatic imine (C=N–C) groups is 1. The van der Waals surface area contributed by atoms with Gasteiger partial charge in [0.15, 0.2) is 5.96 Å². The monoisotopic (exact) mass is 451 g/mol. The number of guanidine groups is 1. The third kappa shape index (κ3) is 5.86. The van der Waals surface area contributed by atoms with Gasteiger partial charge in [0.1, 0.15) is 0 Å². The van der Waals surface area contributed by atoms with Crippen molar-refractivity contribution in [3.63, 3.8) is 0 Å². The van der Waals surface area contributed by atoms with Gasteiger partial charge in [0.25, 0.3) is 0 Å². The van der Waals surface area contributed by atoms with E-state index in [1.165, 1.54) is 4.88 Å². The van der Waals surface area contributed by atoms with Gasteiger partial charge in [-0.15, -0.1) is 35.3 Å². The lowest BCUT2D eigenvalue weighted by molar-refractivity contribution is 0.265. The molecule has 5 nitrogen and oxygen atoms in total. The van der Waals surface area contributed by atoms with Gasteiger partial charge in [-0.05, 0) is 33.6 Å². The maximum absolute atomic E-state index is 4.73. The van der Waals surface area contributed by atoms with Crippen molar-refractivity contribution < 1.29 is 0 Å². The van der Waals surface area contributed by atoms with Gasteiger partial charge in [-0.25, -0.2) is 9.98 Å². The molecule has 2 atom stereocenters. The average Bonchev–Trinajstić information content (AvgIpc) is 3.03. The highest BCUT2D eigenvalue weighted by Gasteiger charge is 2.31. The molecule has 2 rings (SSSR count). The molecule has 0 spiro atoms. The summed E-state index contributed by atoms with van der Waals surface area (Å²) in [6, 6.07) is 1.07. The van der Waals surface area contributed by atoms with Crippen LogP contribution in [-0.4, -0.2) is 47.6 Å². The van der Waals surface area contributed by atoms with Crippen LogP contribution in [0.4, 0.5) is 0 Å². The van der Waals surface area contributed by atoms with Crippen LogP contribution in [0.3, 0.4) is 0 Å². The SMILES string of the molecule is CCNC(=NCc1scnc1C)NC1CN(C(C)C)CC1C.I. The molecule has 2 heterocycles. The number of aryl methyl sites for hydroxylation is 1. The van der Waals surface area contributed by atoms with Gasteiger partial charge in [-0.3, -0.25) is 4.90 Å². The van der Waals surface area contributed by atoms with E-state index in [4.69, 9.17) is 4.99 Å². The Morgan fingerprint density at radius 1 is 1.48 bits per heavy atom. The number of hydrogen-bond donors (Lipinski definition) is 2. The van der Waals surface area contributed by atoms with Crippen molar-refractivity contribution in [2.45, 2.75) is 53.2 Å². The van der Waals surface area contributed by atoms with Gasteiger partial charge in [-0.2, -0.15) is 0 Å². The molecule has 1 aliphatic rings. The number of nitrogens with one attached hydrogen (secondary N) is 2. The largest absolute Gasteiger partial charge is 0.357 e. The number of aromatic nitrogens is 1. The molecule has 0 aliphatic carbocycles. The van der Waals surface area contributed by atoms with Gasteiger partial charge in [0, 0.05) is 36.6 Å². The van der Waals surface area contributed by atoms with Crippen molar-refractivity contribution in [2.75, 3.05) is 19.6 Å². The van der Waals surface area contributed by atoms with Gasteiger partial charge in [0.05, 0.1) is 17.7 Å². The number of rotatable bonds is 5. The Morgan fingerprint density at radius 3 is 2.74 bits per heavy atom. The molecule has 132 valence electrons. The van der Waals surface area contributed by atoms with E-state index >= 15 is 0 Å². The first-order valence-electron chi connectivity index (χ1n) is 8.19. The van der Waals surface area contributed by atoms with Crippen LogP contribution < -0.4 is 10.6 Å². The summed E-state index contributed by atoms with van der Waals surface area (Å²) in [5, 5.41) is 6.98. The van der Waals surface area contributed by atoms with Crippen molar-refractivity contribution in [1.82, 2.24) is 20.5 Å². The Bertz CT molecular complexity index is 502. The van der Waals surface area contributed by atoms with Crippen LogP contribution in [0, 0.1) is 12.8 Å². The number of likely N-dealkylation sites (tertiary alicyclic amines) is 1. The van der Waals surface area contributed by atoms with Crippen molar-refractivity contribution in [1.29, 1.82) is 0 Å². The molecule has 0 bridgehead atoms. The lowest BCUT2D eigenvalue weighted by Crippen LogP contribution is -2.46. The summed E-state index contributed by atoms with van der Waals surface area (Å²) in [4.78, 5) is 12.8. The smallest absolute Gasteiger partial charge is 0.191 e. The van der Waals surface area contributed by atoms with Crippen molar-refractivity contribution in [3.8, 4) is 0 Å². The summed E-state index contributed by atoms with van der Waals surface area (Å²) in [6.07, 6.45) is 0. The van der Waals surface area contributed by atoms with E-state index in [0.717, 1.165) is 31.3 Å². The van der Waals surface area contributed by atoms with Crippen LogP contribution in [0.2, 0.25) is 0 Å². The Balaban J connectivity index is 0.00000264. The molecule has 0 saturated carbocycles. The van der Waals surface area contributed by atoms with Crippen LogP contribution in [0.5, 0.6) is 0 Å². The maximum Gasteiger partial charge on any atom is 0.191 e. The molecule has 1 saturated heterocycles. The zero-order valence-electron chi connectivity index (χ0n) is 14.8. The molecule has 0 aromatic carbocycles. The van der Waals surface area contributed by atoms with E-state index in [0.29, 0.717) is 24.5 Å². The molecular weight excluding hydrogens is 421 g/mol. The second kappa shape index (κ2) is 9.78. The highest BCUT2D eigenvalue weighted by Crippen LogP contribution is 2.19. The minimum absolute atomic E-state index is 0. The van der Waals surface area contributed by atoms with E-state index in [2.05, 4.69) is 48.2 Å². The van der Waals surface area contributed by atoms with E-state index in [-0.39, 0.29) is 24.0 Å². The number of nitrogens with zero attached hydrogens (tertiary/aromatic N) is 3. The molecule has 0 radical (unpaired) electrons. The molecule has 2 unspecified atom stereocenters. The van der Waals surface area contributed by atoms with Crippen molar-refractivity contribution in [3.05, 3.63) is 16.1 Å². The molecule has 0 amide bonds. The summed E-state index contributed by atoms with van der Waals surface area (Å²) in [5.41, 5.74) is 2.98. The first kappa shape index (κ1) is 20.6. The molecule has 1 aromatic rings. The minimum Gasteiger partial charge on any atom is -0.357 e. The standard InChI is InChI=1S/C16H29N5S.HI/c1-6-17-16(18-7-15-13(5)19-10-22-15)20-14-9-21(11(2)3)8-12(14)4;/h10-12,14H,6-9H2,1-5H3,(H2,17,18,20);1H.